The lowest BCUT2D eigenvalue weighted by atomic mass is 10.1. The SMILES string of the molecule is CCCS(=O)(=O)N1CCC[C@@H]1C(=O)N1CCN(c2ccc(Cl)cc2)CC1. The number of hydrogen-bond acceptors (Lipinski definition) is 4. The van der Waals surface area contributed by atoms with Crippen LogP contribution in [0.5, 0.6) is 0 Å². The third kappa shape index (κ3) is 4.15. The molecule has 2 fully saturated rings. The van der Waals surface area contributed by atoms with Crippen molar-refractivity contribution in [2.24, 2.45) is 0 Å². The minimum atomic E-state index is -3.34. The Hall–Kier alpha value is -1.31. The molecule has 0 saturated carbocycles. The van der Waals surface area contributed by atoms with E-state index in [1.54, 1.807) is 0 Å². The predicted octanol–water partition coefficient (Wildman–Crippen LogP) is 2.19. The molecule has 1 aromatic rings. The minimum Gasteiger partial charge on any atom is -0.368 e. The van der Waals surface area contributed by atoms with Gasteiger partial charge in [0.2, 0.25) is 15.9 Å². The lowest BCUT2D eigenvalue weighted by Crippen LogP contribution is -2.54. The number of carbonyl (C=O) groups is 1. The molecule has 1 amide bonds. The fraction of sp³-hybridized carbons (Fsp3) is 0.611. The number of hydrogen-bond donors (Lipinski definition) is 0. The van der Waals surface area contributed by atoms with Crippen LogP contribution in [0.25, 0.3) is 0 Å². The van der Waals surface area contributed by atoms with Crippen molar-refractivity contribution in [3.8, 4) is 0 Å². The molecule has 144 valence electrons. The zero-order valence-electron chi connectivity index (χ0n) is 15.1. The van der Waals surface area contributed by atoms with E-state index in [1.807, 2.05) is 36.1 Å². The number of anilines is 1. The summed E-state index contributed by atoms with van der Waals surface area (Å²) in [6, 6.07) is 7.17. The van der Waals surface area contributed by atoms with Gasteiger partial charge in [0.05, 0.1) is 5.75 Å². The van der Waals surface area contributed by atoms with Crippen LogP contribution < -0.4 is 4.90 Å². The molecule has 8 heteroatoms. The number of piperazine rings is 1. The molecular formula is C18H26ClN3O3S. The number of rotatable bonds is 5. The molecule has 0 bridgehead atoms. The molecule has 0 aliphatic carbocycles. The van der Waals surface area contributed by atoms with E-state index in [0.717, 1.165) is 25.2 Å². The highest BCUT2D eigenvalue weighted by Gasteiger charge is 2.40. The van der Waals surface area contributed by atoms with Crippen molar-refractivity contribution in [2.45, 2.75) is 32.2 Å². The molecule has 0 unspecified atom stereocenters. The molecule has 0 N–H and O–H groups in total. The van der Waals surface area contributed by atoms with Gasteiger partial charge in [0.1, 0.15) is 6.04 Å². The highest BCUT2D eigenvalue weighted by molar-refractivity contribution is 7.89. The lowest BCUT2D eigenvalue weighted by molar-refractivity contribution is -0.134. The molecule has 2 heterocycles. The average Bonchev–Trinajstić information content (AvgIpc) is 3.13. The van der Waals surface area contributed by atoms with Gasteiger partial charge in [-0.15, -0.1) is 0 Å². The highest BCUT2D eigenvalue weighted by atomic mass is 35.5. The van der Waals surface area contributed by atoms with E-state index in [1.165, 1.54) is 4.31 Å². The lowest BCUT2D eigenvalue weighted by Gasteiger charge is -2.38. The van der Waals surface area contributed by atoms with E-state index in [9.17, 15) is 13.2 Å². The van der Waals surface area contributed by atoms with Gasteiger partial charge in [-0.2, -0.15) is 4.31 Å². The highest BCUT2D eigenvalue weighted by Crippen LogP contribution is 2.25. The van der Waals surface area contributed by atoms with Crippen LogP contribution in [-0.2, 0) is 14.8 Å². The van der Waals surface area contributed by atoms with E-state index in [0.29, 0.717) is 37.5 Å². The first kappa shape index (κ1) is 19.5. The van der Waals surface area contributed by atoms with Crippen LogP contribution in [0.1, 0.15) is 26.2 Å². The van der Waals surface area contributed by atoms with Crippen molar-refractivity contribution in [1.82, 2.24) is 9.21 Å². The Kier molecular flexibility index (Phi) is 6.10. The number of nitrogens with zero attached hydrogens (tertiary/aromatic N) is 3. The monoisotopic (exact) mass is 399 g/mol. The van der Waals surface area contributed by atoms with Gasteiger partial charge in [-0.1, -0.05) is 18.5 Å². The molecule has 2 saturated heterocycles. The van der Waals surface area contributed by atoms with Gasteiger partial charge in [0.25, 0.3) is 0 Å². The Balaban J connectivity index is 1.62. The van der Waals surface area contributed by atoms with Crippen LogP contribution in [0.15, 0.2) is 24.3 Å². The number of amides is 1. The van der Waals surface area contributed by atoms with Gasteiger partial charge >= 0.3 is 0 Å². The summed E-state index contributed by atoms with van der Waals surface area (Å²) in [5, 5.41) is 0.706. The Bertz CT molecular complexity index is 731. The third-order valence-electron chi connectivity index (χ3n) is 5.09. The van der Waals surface area contributed by atoms with Crippen molar-refractivity contribution in [1.29, 1.82) is 0 Å². The molecule has 2 aliphatic rings. The van der Waals surface area contributed by atoms with Gasteiger partial charge in [0.15, 0.2) is 0 Å². The van der Waals surface area contributed by atoms with Gasteiger partial charge in [-0.05, 0) is 43.5 Å². The number of halogens is 1. The molecule has 3 rings (SSSR count). The molecule has 1 aromatic carbocycles. The second-order valence-corrected chi connectivity index (χ2v) is 9.35. The fourth-order valence-corrected chi connectivity index (χ4v) is 5.61. The van der Waals surface area contributed by atoms with E-state index in [2.05, 4.69) is 4.90 Å². The molecule has 0 aromatic heterocycles. The van der Waals surface area contributed by atoms with E-state index in [4.69, 9.17) is 11.6 Å². The van der Waals surface area contributed by atoms with Crippen LogP contribution >= 0.6 is 11.6 Å². The zero-order valence-corrected chi connectivity index (χ0v) is 16.7. The first-order chi connectivity index (χ1) is 12.4. The van der Waals surface area contributed by atoms with Crippen LogP contribution in [0, 0.1) is 0 Å². The molecule has 6 nitrogen and oxygen atoms in total. The maximum atomic E-state index is 12.9. The van der Waals surface area contributed by atoms with Gasteiger partial charge in [-0.25, -0.2) is 8.42 Å². The summed E-state index contributed by atoms with van der Waals surface area (Å²) in [7, 11) is -3.34. The molecule has 1 atom stereocenters. The van der Waals surface area contributed by atoms with Crippen molar-refractivity contribution in [3.63, 3.8) is 0 Å². The Morgan fingerprint density at radius 3 is 2.38 bits per heavy atom. The maximum Gasteiger partial charge on any atom is 0.241 e. The van der Waals surface area contributed by atoms with E-state index >= 15 is 0 Å². The Morgan fingerprint density at radius 1 is 1.12 bits per heavy atom. The van der Waals surface area contributed by atoms with Crippen molar-refractivity contribution in [2.75, 3.05) is 43.4 Å². The average molecular weight is 400 g/mol. The van der Waals surface area contributed by atoms with Gasteiger partial charge < -0.3 is 9.80 Å². The largest absolute Gasteiger partial charge is 0.368 e. The summed E-state index contributed by atoms with van der Waals surface area (Å²) in [6.07, 6.45) is 1.95. The molecular weight excluding hydrogens is 374 g/mol. The van der Waals surface area contributed by atoms with Crippen LogP contribution in [0.2, 0.25) is 5.02 Å². The third-order valence-corrected chi connectivity index (χ3v) is 7.42. The summed E-state index contributed by atoms with van der Waals surface area (Å²) in [5.41, 5.74) is 1.09. The van der Waals surface area contributed by atoms with E-state index in [-0.39, 0.29) is 11.7 Å². The molecule has 26 heavy (non-hydrogen) atoms. The molecule has 0 radical (unpaired) electrons. The topological polar surface area (TPSA) is 60.9 Å². The summed E-state index contributed by atoms with van der Waals surface area (Å²) >= 11 is 5.94. The number of benzene rings is 1. The van der Waals surface area contributed by atoms with Crippen molar-refractivity contribution >= 4 is 33.2 Å². The van der Waals surface area contributed by atoms with Gasteiger partial charge in [-0.3, -0.25) is 4.79 Å². The first-order valence-corrected chi connectivity index (χ1v) is 11.2. The molecule has 2 aliphatic heterocycles. The minimum absolute atomic E-state index is 0.0436. The van der Waals surface area contributed by atoms with Crippen LogP contribution in [-0.4, -0.2) is 68.0 Å². The predicted molar refractivity (Wildman–Crippen MR) is 104 cm³/mol. The summed E-state index contributed by atoms with van der Waals surface area (Å²) in [4.78, 5) is 17.0. The maximum absolute atomic E-state index is 12.9. The van der Waals surface area contributed by atoms with Crippen molar-refractivity contribution in [3.05, 3.63) is 29.3 Å². The zero-order chi connectivity index (χ0) is 18.7. The smallest absolute Gasteiger partial charge is 0.241 e. The van der Waals surface area contributed by atoms with Crippen LogP contribution in [0.3, 0.4) is 0 Å². The quantitative estimate of drug-likeness (QED) is 0.761. The summed E-state index contributed by atoms with van der Waals surface area (Å²) in [6.45, 7) is 5.01. The Morgan fingerprint density at radius 2 is 1.77 bits per heavy atom. The normalized spacial score (nSPS) is 22.0. The molecule has 0 spiro atoms. The van der Waals surface area contributed by atoms with Crippen LogP contribution in [0.4, 0.5) is 5.69 Å². The Labute approximate surface area is 160 Å². The standard InChI is InChI=1S/C18H26ClN3O3S/c1-2-14-26(24,25)22-9-3-4-17(22)18(23)21-12-10-20(11-13-21)16-7-5-15(19)6-8-16/h5-8,17H,2-4,9-14H2,1H3/t17-/m1/s1. The summed E-state index contributed by atoms with van der Waals surface area (Å²) in [5.74, 6) is 0.0686. The van der Waals surface area contributed by atoms with E-state index < -0.39 is 16.1 Å². The number of sulfonamides is 1. The second-order valence-electron chi connectivity index (χ2n) is 6.87. The first-order valence-electron chi connectivity index (χ1n) is 9.21. The second kappa shape index (κ2) is 8.15. The summed E-state index contributed by atoms with van der Waals surface area (Å²) < 4.78 is 26.3. The van der Waals surface area contributed by atoms with Crippen molar-refractivity contribution < 1.29 is 13.2 Å². The fourth-order valence-electron chi connectivity index (χ4n) is 3.74. The van der Waals surface area contributed by atoms with Gasteiger partial charge in [0, 0.05) is 43.4 Å². The number of carbonyl (C=O) groups excluding carboxylic acids is 1.